The lowest BCUT2D eigenvalue weighted by atomic mass is 9.77. The Morgan fingerprint density at radius 1 is 1.03 bits per heavy atom. The summed E-state index contributed by atoms with van der Waals surface area (Å²) in [6.45, 7) is 4.52. The molecule has 2 aliphatic heterocycles. The number of unbranched alkanes of at least 4 members (excludes halogenated alkanes) is 1. The topological polar surface area (TPSA) is 59.4 Å². The van der Waals surface area contributed by atoms with E-state index in [9.17, 15) is 4.79 Å². The van der Waals surface area contributed by atoms with E-state index < -0.39 is 0 Å². The van der Waals surface area contributed by atoms with Gasteiger partial charge in [0.2, 0.25) is 0 Å². The summed E-state index contributed by atoms with van der Waals surface area (Å²) in [4.78, 5) is 19.8. The zero-order valence-electron chi connectivity index (χ0n) is 17.9. The van der Waals surface area contributed by atoms with E-state index in [0.29, 0.717) is 12.0 Å². The number of aromatic nitrogens is 2. The van der Waals surface area contributed by atoms with Crippen LogP contribution >= 0.6 is 0 Å². The van der Waals surface area contributed by atoms with Gasteiger partial charge in [0, 0.05) is 25.0 Å². The van der Waals surface area contributed by atoms with Crippen LogP contribution in [0.5, 0.6) is 0 Å². The zero-order chi connectivity index (χ0) is 21.1. The highest BCUT2D eigenvalue weighted by atomic mass is 16.5. The second-order valence-electron chi connectivity index (χ2n) is 8.91. The van der Waals surface area contributed by atoms with Crippen molar-refractivity contribution >= 4 is 22.8 Å². The number of ether oxygens (including phenoxy) is 1. The number of carbonyl (C=O) groups excluding carboxylic acids is 1. The Balaban J connectivity index is 1.18. The van der Waals surface area contributed by atoms with Crippen LogP contribution in [-0.4, -0.2) is 48.4 Å². The van der Waals surface area contributed by atoms with Crippen LogP contribution in [-0.2, 0) is 11.2 Å². The summed E-state index contributed by atoms with van der Waals surface area (Å²) >= 11 is 0. The molecule has 6 nitrogen and oxygen atoms in total. The SMILES string of the molecule is O=C(NCCCCc1ccccc1)n1cnc2c(N3CCC4(CC3)COC4)cccc21. The van der Waals surface area contributed by atoms with Crippen molar-refractivity contribution in [3.8, 4) is 0 Å². The molecule has 162 valence electrons. The first-order valence-electron chi connectivity index (χ1n) is 11.4. The number of piperidine rings is 1. The van der Waals surface area contributed by atoms with Crippen molar-refractivity contribution in [2.75, 3.05) is 37.7 Å². The molecule has 0 unspecified atom stereocenters. The molecule has 6 heteroatoms. The van der Waals surface area contributed by atoms with E-state index in [1.165, 1.54) is 5.56 Å². The number of rotatable bonds is 6. The van der Waals surface area contributed by atoms with E-state index in [1.54, 1.807) is 10.9 Å². The summed E-state index contributed by atoms with van der Waals surface area (Å²) in [5.74, 6) is 0. The smallest absolute Gasteiger partial charge is 0.327 e. The van der Waals surface area contributed by atoms with Gasteiger partial charge in [0.15, 0.2) is 0 Å². The molecule has 31 heavy (non-hydrogen) atoms. The van der Waals surface area contributed by atoms with Gasteiger partial charge in [0.25, 0.3) is 0 Å². The van der Waals surface area contributed by atoms with Crippen LogP contribution in [0.15, 0.2) is 54.9 Å². The molecular weight excluding hydrogens is 388 g/mol. The Bertz CT molecular complexity index is 1030. The monoisotopic (exact) mass is 418 g/mol. The van der Waals surface area contributed by atoms with Gasteiger partial charge in [-0.25, -0.2) is 9.78 Å². The number of nitrogens with zero attached hydrogens (tertiary/aromatic N) is 3. The van der Waals surface area contributed by atoms with E-state index in [1.807, 2.05) is 18.2 Å². The standard InChI is InChI=1S/C25H30N4O2/c30-24(26-14-5-4-9-20-7-2-1-3-8-20)29-19-27-23-21(10-6-11-22(23)29)28-15-12-25(13-16-28)17-31-18-25/h1-3,6-8,10-11,19H,4-5,9,12-18H2,(H,26,30). The van der Waals surface area contributed by atoms with Crippen molar-refractivity contribution in [2.24, 2.45) is 5.41 Å². The quantitative estimate of drug-likeness (QED) is 0.609. The van der Waals surface area contributed by atoms with Crippen LogP contribution in [0.3, 0.4) is 0 Å². The van der Waals surface area contributed by atoms with Gasteiger partial charge in [-0.1, -0.05) is 36.4 Å². The Morgan fingerprint density at radius 3 is 2.58 bits per heavy atom. The highest BCUT2D eigenvalue weighted by molar-refractivity contribution is 5.95. The molecule has 2 fully saturated rings. The maximum Gasteiger partial charge on any atom is 0.327 e. The third-order valence-corrected chi connectivity index (χ3v) is 6.77. The van der Waals surface area contributed by atoms with Crippen molar-refractivity contribution in [1.82, 2.24) is 14.9 Å². The second-order valence-corrected chi connectivity index (χ2v) is 8.91. The molecule has 0 aliphatic carbocycles. The minimum Gasteiger partial charge on any atom is -0.380 e. The third kappa shape index (κ3) is 4.17. The predicted molar refractivity (Wildman–Crippen MR) is 123 cm³/mol. The molecule has 2 saturated heterocycles. The van der Waals surface area contributed by atoms with E-state index in [-0.39, 0.29) is 6.03 Å². The average molecular weight is 419 g/mol. The van der Waals surface area contributed by atoms with Crippen LogP contribution in [0.1, 0.15) is 31.2 Å². The Kier molecular flexibility index (Phi) is 5.64. The molecular formula is C25H30N4O2. The molecule has 2 aromatic carbocycles. The molecule has 2 aliphatic rings. The van der Waals surface area contributed by atoms with Crippen molar-refractivity contribution in [2.45, 2.75) is 32.1 Å². The number of amides is 1. The highest BCUT2D eigenvalue weighted by Gasteiger charge is 2.41. The molecule has 0 radical (unpaired) electrons. The Hall–Kier alpha value is -2.86. The van der Waals surface area contributed by atoms with Crippen molar-refractivity contribution in [3.05, 3.63) is 60.4 Å². The molecule has 0 bridgehead atoms. The molecule has 1 spiro atoms. The number of carbonyl (C=O) groups is 1. The number of anilines is 1. The van der Waals surface area contributed by atoms with E-state index in [0.717, 1.165) is 75.1 Å². The van der Waals surface area contributed by atoms with Gasteiger partial charge < -0.3 is 15.0 Å². The van der Waals surface area contributed by atoms with Crippen molar-refractivity contribution in [3.63, 3.8) is 0 Å². The lowest BCUT2D eigenvalue weighted by molar-refractivity contribution is -0.124. The Morgan fingerprint density at radius 2 is 1.84 bits per heavy atom. The number of imidazole rings is 1. The van der Waals surface area contributed by atoms with Crippen LogP contribution in [0, 0.1) is 5.41 Å². The van der Waals surface area contributed by atoms with Crippen LogP contribution < -0.4 is 10.2 Å². The lowest BCUT2D eigenvalue weighted by Crippen LogP contribution is -2.51. The first-order chi connectivity index (χ1) is 15.2. The fraction of sp³-hybridized carbons (Fsp3) is 0.440. The molecule has 0 atom stereocenters. The Labute approximate surface area is 183 Å². The minimum absolute atomic E-state index is 0.108. The fourth-order valence-corrected chi connectivity index (χ4v) is 4.72. The second kappa shape index (κ2) is 8.71. The van der Waals surface area contributed by atoms with Crippen LogP contribution in [0.25, 0.3) is 11.0 Å². The van der Waals surface area contributed by atoms with Gasteiger partial charge in [-0.15, -0.1) is 0 Å². The predicted octanol–water partition coefficient (Wildman–Crippen LogP) is 4.23. The number of hydrogen-bond donors (Lipinski definition) is 1. The zero-order valence-corrected chi connectivity index (χ0v) is 17.9. The lowest BCUT2D eigenvalue weighted by Gasteiger charge is -2.47. The van der Waals surface area contributed by atoms with Gasteiger partial charge >= 0.3 is 6.03 Å². The summed E-state index contributed by atoms with van der Waals surface area (Å²) < 4.78 is 7.09. The summed E-state index contributed by atoms with van der Waals surface area (Å²) in [6, 6.07) is 16.5. The van der Waals surface area contributed by atoms with E-state index in [2.05, 4.69) is 45.5 Å². The van der Waals surface area contributed by atoms with E-state index in [4.69, 9.17) is 4.74 Å². The van der Waals surface area contributed by atoms with Gasteiger partial charge in [-0.3, -0.25) is 4.57 Å². The first-order valence-corrected chi connectivity index (χ1v) is 11.4. The van der Waals surface area contributed by atoms with Gasteiger partial charge in [-0.05, 0) is 49.8 Å². The maximum atomic E-state index is 12.8. The normalized spacial score (nSPS) is 17.6. The molecule has 3 heterocycles. The van der Waals surface area contributed by atoms with Crippen molar-refractivity contribution < 1.29 is 9.53 Å². The highest BCUT2D eigenvalue weighted by Crippen LogP contribution is 2.40. The van der Waals surface area contributed by atoms with Crippen LogP contribution in [0.2, 0.25) is 0 Å². The molecule has 1 N–H and O–H groups in total. The molecule has 1 aromatic heterocycles. The molecule has 5 rings (SSSR count). The third-order valence-electron chi connectivity index (χ3n) is 6.77. The largest absolute Gasteiger partial charge is 0.380 e. The average Bonchev–Trinajstić information content (AvgIpc) is 3.23. The van der Waals surface area contributed by atoms with Gasteiger partial charge in [0.1, 0.15) is 11.8 Å². The van der Waals surface area contributed by atoms with E-state index >= 15 is 0 Å². The summed E-state index contributed by atoms with van der Waals surface area (Å²) in [7, 11) is 0. The number of benzene rings is 2. The number of fused-ring (bicyclic) bond motifs is 1. The fourth-order valence-electron chi connectivity index (χ4n) is 4.72. The molecule has 0 saturated carbocycles. The van der Waals surface area contributed by atoms with Gasteiger partial charge in [-0.2, -0.15) is 0 Å². The minimum atomic E-state index is -0.108. The number of hydrogen-bond acceptors (Lipinski definition) is 4. The molecule has 3 aromatic rings. The van der Waals surface area contributed by atoms with Gasteiger partial charge in [0.05, 0.1) is 24.4 Å². The maximum absolute atomic E-state index is 12.8. The first kappa shape index (κ1) is 20.1. The van der Waals surface area contributed by atoms with Crippen LogP contribution in [0.4, 0.5) is 10.5 Å². The number of para-hydroxylation sites is 1. The molecule has 1 amide bonds. The summed E-state index contributed by atoms with van der Waals surface area (Å²) in [5.41, 5.74) is 4.65. The summed E-state index contributed by atoms with van der Waals surface area (Å²) in [6.07, 6.45) is 7.02. The van der Waals surface area contributed by atoms with Crippen molar-refractivity contribution in [1.29, 1.82) is 0 Å². The summed E-state index contributed by atoms with van der Waals surface area (Å²) in [5, 5.41) is 3.04. The number of aryl methyl sites for hydroxylation is 1. The number of nitrogens with one attached hydrogen (secondary N) is 1.